The minimum absolute atomic E-state index is 0.0347. The van der Waals surface area contributed by atoms with Gasteiger partial charge in [0.2, 0.25) is 5.91 Å². The molecule has 0 aliphatic rings. The molecule has 3 nitrogen and oxygen atoms in total. The Bertz CT molecular complexity index is 446. The Kier molecular flexibility index (Phi) is 5.36. The van der Waals surface area contributed by atoms with E-state index in [2.05, 4.69) is 23.5 Å². The van der Waals surface area contributed by atoms with E-state index in [-0.39, 0.29) is 5.91 Å². The molecule has 4 heteroatoms. The van der Waals surface area contributed by atoms with Crippen LogP contribution in [0.1, 0.15) is 18.5 Å². The molecule has 1 heterocycles. The second-order valence-electron chi connectivity index (χ2n) is 3.60. The number of thiazole rings is 1. The molecule has 0 unspecified atom stereocenters. The number of anilines is 1. The first-order valence-electron chi connectivity index (χ1n) is 5.30. The van der Waals surface area contributed by atoms with Crippen LogP contribution in [0, 0.1) is 6.92 Å². The van der Waals surface area contributed by atoms with Crippen molar-refractivity contribution in [2.24, 2.45) is 0 Å². The van der Waals surface area contributed by atoms with Gasteiger partial charge in [0.15, 0.2) is 5.13 Å². The molecule has 1 N–H and O–H groups in total. The van der Waals surface area contributed by atoms with Gasteiger partial charge in [0.25, 0.3) is 0 Å². The Labute approximate surface area is 106 Å². The number of hydrogen-bond donors (Lipinski definition) is 1. The molecule has 17 heavy (non-hydrogen) atoms. The molecule has 0 saturated heterocycles. The molecule has 90 valence electrons. The smallest absolute Gasteiger partial charge is 0.226 e. The molecular weight excluding hydrogens is 232 g/mol. The van der Waals surface area contributed by atoms with Gasteiger partial charge >= 0.3 is 0 Å². The number of carbonyl (C=O) groups is 1. The number of aromatic nitrogens is 1. The molecule has 0 bridgehead atoms. The first kappa shape index (κ1) is 13.4. The van der Waals surface area contributed by atoms with Gasteiger partial charge in [0.05, 0.1) is 5.69 Å². The SMILES string of the molecule is C=C/C=C\C(=C)CCC(=O)Nc1nc(C)cs1. The lowest BCUT2D eigenvalue weighted by atomic mass is 10.1. The zero-order valence-electron chi connectivity index (χ0n) is 9.90. The Hall–Kier alpha value is -1.68. The van der Waals surface area contributed by atoms with Gasteiger partial charge < -0.3 is 5.32 Å². The second-order valence-corrected chi connectivity index (χ2v) is 4.45. The van der Waals surface area contributed by atoms with Crippen molar-refractivity contribution in [2.75, 3.05) is 5.32 Å². The van der Waals surface area contributed by atoms with E-state index < -0.39 is 0 Å². The molecule has 0 saturated carbocycles. The van der Waals surface area contributed by atoms with Crippen molar-refractivity contribution in [2.45, 2.75) is 19.8 Å². The van der Waals surface area contributed by atoms with Gasteiger partial charge in [0.1, 0.15) is 0 Å². The number of carbonyl (C=O) groups excluding carboxylic acids is 1. The first-order valence-corrected chi connectivity index (χ1v) is 6.18. The Morgan fingerprint density at radius 2 is 2.35 bits per heavy atom. The Morgan fingerprint density at radius 3 is 2.94 bits per heavy atom. The van der Waals surface area contributed by atoms with Crippen molar-refractivity contribution in [3.05, 3.63) is 48.0 Å². The predicted molar refractivity (Wildman–Crippen MR) is 73.2 cm³/mol. The molecular formula is C13H16N2OS. The summed E-state index contributed by atoms with van der Waals surface area (Å²) >= 11 is 1.43. The molecule has 1 amide bonds. The standard InChI is InChI=1S/C13H16N2OS/c1-4-5-6-10(2)7-8-12(16)15-13-14-11(3)9-17-13/h4-6,9H,1-2,7-8H2,3H3,(H,14,15,16)/b6-5-. The number of hydrogen-bond acceptors (Lipinski definition) is 3. The third kappa shape index (κ3) is 5.26. The number of nitrogens with one attached hydrogen (secondary N) is 1. The monoisotopic (exact) mass is 248 g/mol. The lowest BCUT2D eigenvalue weighted by Crippen LogP contribution is -2.10. The van der Waals surface area contributed by atoms with Crippen molar-refractivity contribution in [1.82, 2.24) is 4.98 Å². The average Bonchev–Trinajstić information content (AvgIpc) is 2.69. The maximum absolute atomic E-state index is 11.6. The summed E-state index contributed by atoms with van der Waals surface area (Å²) in [5.74, 6) is -0.0347. The van der Waals surface area contributed by atoms with Crippen LogP contribution in [0.2, 0.25) is 0 Å². The van der Waals surface area contributed by atoms with Crippen molar-refractivity contribution in [3.63, 3.8) is 0 Å². The van der Waals surface area contributed by atoms with Gasteiger partial charge in [-0.15, -0.1) is 11.3 Å². The molecule has 0 aliphatic heterocycles. The van der Waals surface area contributed by atoms with Crippen LogP contribution in [0.4, 0.5) is 5.13 Å². The van der Waals surface area contributed by atoms with E-state index in [9.17, 15) is 4.79 Å². The number of nitrogens with zero attached hydrogens (tertiary/aromatic N) is 1. The zero-order chi connectivity index (χ0) is 12.7. The molecule has 1 aromatic heterocycles. The number of allylic oxidation sites excluding steroid dienone is 4. The molecule has 0 fully saturated rings. The number of amides is 1. The Morgan fingerprint density at radius 1 is 1.59 bits per heavy atom. The largest absolute Gasteiger partial charge is 0.302 e. The fourth-order valence-corrected chi connectivity index (χ4v) is 1.86. The topological polar surface area (TPSA) is 42.0 Å². The number of aryl methyl sites for hydroxylation is 1. The van der Waals surface area contributed by atoms with Crippen molar-refractivity contribution >= 4 is 22.4 Å². The van der Waals surface area contributed by atoms with E-state index in [1.54, 1.807) is 6.08 Å². The number of rotatable bonds is 6. The van der Waals surface area contributed by atoms with Gasteiger partial charge in [-0.25, -0.2) is 4.98 Å². The van der Waals surface area contributed by atoms with Crippen LogP contribution in [-0.4, -0.2) is 10.9 Å². The van der Waals surface area contributed by atoms with Crippen molar-refractivity contribution in [1.29, 1.82) is 0 Å². The summed E-state index contributed by atoms with van der Waals surface area (Å²) in [7, 11) is 0. The molecule has 0 atom stereocenters. The van der Waals surface area contributed by atoms with Crippen LogP contribution in [0.5, 0.6) is 0 Å². The summed E-state index contributed by atoms with van der Waals surface area (Å²) in [5.41, 5.74) is 1.83. The molecule has 0 aromatic carbocycles. The Balaban J connectivity index is 2.33. The highest BCUT2D eigenvalue weighted by molar-refractivity contribution is 7.13. The van der Waals surface area contributed by atoms with Crippen molar-refractivity contribution < 1.29 is 4.79 Å². The summed E-state index contributed by atoms with van der Waals surface area (Å²) in [5, 5.41) is 5.31. The lowest BCUT2D eigenvalue weighted by Gasteiger charge is -2.01. The predicted octanol–water partition coefficient (Wildman–Crippen LogP) is 3.47. The highest BCUT2D eigenvalue weighted by Gasteiger charge is 2.05. The third-order valence-electron chi connectivity index (χ3n) is 2.01. The minimum Gasteiger partial charge on any atom is -0.302 e. The maximum Gasteiger partial charge on any atom is 0.226 e. The van der Waals surface area contributed by atoms with Crippen LogP contribution in [-0.2, 0) is 4.79 Å². The van der Waals surface area contributed by atoms with Gasteiger partial charge in [-0.05, 0) is 13.3 Å². The maximum atomic E-state index is 11.6. The van der Waals surface area contributed by atoms with Crippen molar-refractivity contribution in [3.8, 4) is 0 Å². The van der Waals surface area contributed by atoms with Crippen LogP contribution in [0.15, 0.2) is 42.3 Å². The summed E-state index contributed by atoms with van der Waals surface area (Å²) < 4.78 is 0. The summed E-state index contributed by atoms with van der Waals surface area (Å²) in [6.07, 6.45) is 6.40. The molecule has 1 rings (SSSR count). The average molecular weight is 248 g/mol. The first-order chi connectivity index (χ1) is 8.11. The van der Waals surface area contributed by atoms with Crippen LogP contribution in [0.25, 0.3) is 0 Å². The van der Waals surface area contributed by atoms with Crippen LogP contribution in [0.3, 0.4) is 0 Å². The van der Waals surface area contributed by atoms with Gasteiger partial charge in [-0.3, -0.25) is 4.79 Å². The van der Waals surface area contributed by atoms with E-state index in [1.807, 2.05) is 24.5 Å². The van der Waals surface area contributed by atoms with Gasteiger partial charge in [-0.2, -0.15) is 0 Å². The molecule has 0 aliphatic carbocycles. The minimum atomic E-state index is -0.0347. The summed E-state index contributed by atoms with van der Waals surface area (Å²) in [6, 6.07) is 0. The highest BCUT2D eigenvalue weighted by Crippen LogP contribution is 2.15. The zero-order valence-corrected chi connectivity index (χ0v) is 10.7. The summed E-state index contributed by atoms with van der Waals surface area (Å²) in [6.45, 7) is 9.32. The second kappa shape index (κ2) is 6.81. The molecule has 0 spiro atoms. The van der Waals surface area contributed by atoms with E-state index >= 15 is 0 Å². The van der Waals surface area contributed by atoms with Crippen LogP contribution < -0.4 is 5.32 Å². The van der Waals surface area contributed by atoms with Crippen LogP contribution >= 0.6 is 11.3 Å². The third-order valence-corrected chi connectivity index (χ3v) is 2.88. The fraction of sp³-hybridized carbons (Fsp3) is 0.231. The fourth-order valence-electron chi connectivity index (χ4n) is 1.15. The molecule has 1 aromatic rings. The quantitative estimate of drug-likeness (QED) is 0.783. The van der Waals surface area contributed by atoms with E-state index in [0.29, 0.717) is 18.0 Å². The van der Waals surface area contributed by atoms with E-state index in [1.165, 1.54) is 11.3 Å². The van der Waals surface area contributed by atoms with Gasteiger partial charge in [-0.1, -0.05) is 37.0 Å². The van der Waals surface area contributed by atoms with E-state index in [4.69, 9.17) is 0 Å². The van der Waals surface area contributed by atoms with E-state index in [0.717, 1.165) is 11.3 Å². The highest BCUT2D eigenvalue weighted by atomic mass is 32.1. The lowest BCUT2D eigenvalue weighted by molar-refractivity contribution is -0.116. The molecule has 0 radical (unpaired) electrons. The summed E-state index contributed by atoms with van der Waals surface area (Å²) in [4.78, 5) is 15.7. The normalized spacial score (nSPS) is 10.4. The van der Waals surface area contributed by atoms with Gasteiger partial charge in [0, 0.05) is 11.8 Å².